The molecule has 0 saturated heterocycles. The largest absolute Gasteiger partial charge is 0.481 e. The minimum atomic E-state index is -0.722. The molecule has 0 radical (unpaired) electrons. The van der Waals surface area contributed by atoms with Crippen LogP contribution in [0.15, 0.2) is 42.5 Å². The van der Waals surface area contributed by atoms with Gasteiger partial charge in [0.2, 0.25) is 0 Å². The average molecular weight is 267 g/mol. The Morgan fingerprint density at radius 2 is 1.80 bits per heavy atom. The molecule has 20 heavy (non-hydrogen) atoms. The Morgan fingerprint density at radius 3 is 2.35 bits per heavy atom. The van der Waals surface area contributed by atoms with Crippen molar-refractivity contribution in [3.05, 3.63) is 53.6 Å². The third-order valence-corrected chi connectivity index (χ3v) is 4.12. The van der Waals surface area contributed by atoms with Gasteiger partial charge in [-0.1, -0.05) is 35.9 Å². The molecule has 0 spiro atoms. The van der Waals surface area contributed by atoms with Gasteiger partial charge in [-0.05, 0) is 43.0 Å². The summed E-state index contributed by atoms with van der Waals surface area (Å²) in [5.41, 5.74) is 10.2. The molecule has 102 valence electrons. The van der Waals surface area contributed by atoms with E-state index in [-0.39, 0.29) is 0 Å². The third-order valence-electron chi connectivity index (χ3n) is 4.12. The lowest BCUT2D eigenvalue weighted by Crippen LogP contribution is -2.19. The quantitative estimate of drug-likeness (QED) is 0.838. The topological polar surface area (TPSA) is 63.3 Å². The van der Waals surface area contributed by atoms with Crippen LogP contribution >= 0.6 is 0 Å². The number of aliphatic carboxylic acids is 1. The molecule has 3 heteroatoms. The first kappa shape index (κ1) is 12.7. The molecule has 0 aliphatic heterocycles. The molecule has 3 rings (SSSR count). The zero-order valence-corrected chi connectivity index (χ0v) is 11.4. The molecule has 3 nitrogen and oxygen atoms in total. The van der Waals surface area contributed by atoms with Crippen LogP contribution in [-0.4, -0.2) is 11.1 Å². The van der Waals surface area contributed by atoms with Crippen LogP contribution < -0.4 is 5.73 Å². The number of carboxylic acid groups (broad SMARTS) is 1. The number of rotatable bonds is 3. The molecule has 3 N–H and O–H groups in total. The Kier molecular flexibility index (Phi) is 2.78. The molecule has 0 aromatic heterocycles. The van der Waals surface area contributed by atoms with Gasteiger partial charge in [0.25, 0.3) is 0 Å². The van der Waals surface area contributed by atoms with Crippen LogP contribution in [0.2, 0.25) is 0 Å². The van der Waals surface area contributed by atoms with E-state index in [0.29, 0.717) is 0 Å². The van der Waals surface area contributed by atoms with Crippen molar-refractivity contribution in [2.75, 3.05) is 5.73 Å². The van der Waals surface area contributed by atoms with Crippen LogP contribution in [0.5, 0.6) is 0 Å². The maximum atomic E-state index is 11.3. The van der Waals surface area contributed by atoms with Crippen LogP contribution in [0.3, 0.4) is 0 Å². The number of nitrogens with two attached hydrogens (primary N) is 1. The first-order valence-electron chi connectivity index (χ1n) is 6.73. The zero-order valence-electron chi connectivity index (χ0n) is 11.4. The van der Waals surface area contributed by atoms with Crippen molar-refractivity contribution in [1.82, 2.24) is 0 Å². The molecule has 2 aromatic rings. The van der Waals surface area contributed by atoms with E-state index in [1.54, 1.807) is 0 Å². The number of carbonyl (C=O) groups is 1. The summed E-state index contributed by atoms with van der Waals surface area (Å²) in [5.74, 6) is -0.722. The van der Waals surface area contributed by atoms with Crippen molar-refractivity contribution in [2.24, 2.45) is 0 Å². The van der Waals surface area contributed by atoms with E-state index in [2.05, 4.69) is 6.07 Å². The highest BCUT2D eigenvalue weighted by molar-refractivity contribution is 5.85. The molecule has 1 saturated carbocycles. The van der Waals surface area contributed by atoms with Gasteiger partial charge in [0.15, 0.2) is 0 Å². The number of hydrogen-bond donors (Lipinski definition) is 2. The van der Waals surface area contributed by atoms with Crippen LogP contribution in [0.4, 0.5) is 5.69 Å². The smallest absolute Gasteiger partial charge is 0.314 e. The Bertz CT molecular complexity index is 670. The van der Waals surface area contributed by atoms with Crippen molar-refractivity contribution in [3.8, 4) is 11.1 Å². The van der Waals surface area contributed by atoms with Crippen LogP contribution in [0.1, 0.15) is 24.0 Å². The maximum absolute atomic E-state index is 11.3. The monoisotopic (exact) mass is 267 g/mol. The van der Waals surface area contributed by atoms with Gasteiger partial charge in [-0.2, -0.15) is 0 Å². The summed E-state index contributed by atoms with van der Waals surface area (Å²) in [6.07, 6.45) is 1.46. The number of hydrogen-bond acceptors (Lipinski definition) is 2. The number of benzene rings is 2. The highest BCUT2D eigenvalue weighted by Gasteiger charge is 2.51. The summed E-state index contributed by atoms with van der Waals surface area (Å²) < 4.78 is 0. The van der Waals surface area contributed by atoms with Crippen LogP contribution in [0.25, 0.3) is 11.1 Å². The molecule has 0 bridgehead atoms. The van der Waals surface area contributed by atoms with Crippen molar-refractivity contribution in [2.45, 2.75) is 25.2 Å². The van der Waals surface area contributed by atoms with Crippen molar-refractivity contribution in [3.63, 3.8) is 0 Å². The second kappa shape index (κ2) is 4.37. The van der Waals surface area contributed by atoms with Gasteiger partial charge in [-0.25, -0.2) is 0 Å². The minimum Gasteiger partial charge on any atom is -0.481 e. The standard InChI is InChI=1S/C17H17NO2/c1-11-2-7-15(18)14(10-11)12-3-5-13(6-4-12)17(8-9-17)16(19)20/h2-7,10H,8-9,18H2,1H3,(H,19,20). The van der Waals surface area contributed by atoms with E-state index in [0.717, 1.165) is 40.8 Å². The summed E-state index contributed by atoms with van der Waals surface area (Å²) >= 11 is 0. The van der Waals surface area contributed by atoms with Gasteiger partial charge >= 0.3 is 5.97 Å². The molecule has 1 aliphatic carbocycles. The highest BCUT2D eigenvalue weighted by atomic mass is 16.4. The fourth-order valence-corrected chi connectivity index (χ4v) is 2.64. The molecular formula is C17H17NO2. The number of nitrogen functional groups attached to an aromatic ring is 1. The molecule has 0 atom stereocenters. The van der Waals surface area contributed by atoms with Crippen molar-refractivity contribution in [1.29, 1.82) is 0 Å². The zero-order chi connectivity index (χ0) is 14.3. The fraction of sp³-hybridized carbons (Fsp3) is 0.235. The van der Waals surface area contributed by atoms with Crippen LogP contribution in [-0.2, 0) is 10.2 Å². The Hall–Kier alpha value is -2.29. The van der Waals surface area contributed by atoms with Gasteiger partial charge < -0.3 is 10.8 Å². The van der Waals surface area contributed by atoms with E-state index in [4.69, 9.17) is 5.73 Å². The molecule has 2 aromatic carbocycles. The average Bonchev–Trinajstić information content (AvgIpc) is 3.23. The molecule has 1 fully saturated rings. The van der Waals surface area contributed by atoms with Gasteiger partial charge in [0.1, 0.15) is 0 Å². The van der Waals surface area contributed by atoms with Crippen molar-refractivity contribution < 1.29 is 9.90 Å². The van der Waals surface area contributed by atoms with E-state index in [1.807, 2.05) is 43.3 Å². The second-order valence-corrected chi connectivity index (χ2v) is 5.56. The summed E-state index contributed by atoms with van der Waals surface area (Å²) in [7, 11) is 0. The van der Waals surface area contributed by atoms with E-state index >= 15 is 0 Å². The first-order chi connectivity index (χ1) is 9.53. The van der Waals surface area contributed by atoms with Crippen molar-refractivity contribution >= 4 is 11.7 Å². The third kappa shape index (κ3) is 1.95. The maximum Gasteiger partial charge on any atom is 0.314 e. The Labute approximate surface area is 118 Å². The van der Waals surface area contributed by atoms with Gasteiger partial charge in [-0.15, -0.1) is 0 Å². The predicted octanol–water partition coefficient (Wildman–Crippen LogP) is 3.36. The molecule has 0 heterocycles. The lowest BCUT2D eigenvalue weighted by molar-refractivity contribution is -0.140. The Balaban J connectivity index is 1.98. The molecule has 0 amide bonds. The molecular weight excluding hydrogens is 250 g/mol. The number of anilines is 1. The molecule has 0 unspecified atom stereocenters. The fourth-order valence-electron chi connectivity index (χ4n) is 2.64. The number of aryl methyl sites for hydroxylation is 1. The van der Waals surface area contributed by atoms with Crippen LogP contribution in [0, 0.1) is 6.92 Å². The summed E-state index contributed by atoms with van der Waals surface area (Å²) in [6, 6.07) is 13.7. The van der Waals surface area contributed by atoms with E-state index in [1.165, 1.54) is 0 Å². The van der Waals surface area contributed by atoms with Gasteiger partial charge in [0, 0.05) is 11.3 Å². The first-order valence-corrected chi connectivity index (χ1v) is 6.73. The highest BCUT2D eigenvalue weighted by Crippen LogP contribution is 2.48. The lowest BCUT2D eigenvalue weighted by atomic mass is 9.93. The summed E-state index contributed by atoms with van der Waals surface area (Å²) in [4.78, 5) is 11.3. The molecule has 1 aliphatic rings. The Morgan fingerprint density at radius 1 is 1.15 bits per heavy atom. The number of carboxylic acids is 1. The SMILES string of the molecule is Cc1ccc(N)c(-c2ccc(C3(C(=O)O)CC3)cc2)c1. The second-order valence-electron chi connectivity index (χ2n) is 5.56. The normalized spacial score (nSPS) is 15.8. The van der Waals surface area contributed by atoms with Gasteiger partial charge in [0.05, 0.1) is 5.41 Å². The van der Waals surface area contributed by atoms with E-state index in [9.17, 15) is 9.90 Å². The van der Waals surface area contributed by atoms with Gasteiger partial charge in [-0.3, -0.25) is 4.79 Å². The lowest BCUT2D eigenvalue weighted by Gasteiger charge is -2.12. The van der Waals surface area contributed by atoms with E-state index < -0.39 is 11.4 Å². The minimum absolute atomic E-state index is 0.642. The predicted molar refractivity (Wildman–Crippen MR) is 79.6 cm³/mol. The summed E-state index contributed by atoms with van der Waals surface area (Å²) in [6.45, 7) is 2.03. The summed E-state index contributed by atoms with van der Waals surface area (Å²) in [5, 5.41) is 9.30.